The van der Waals surface area contributed by atoms with E-state index in [1.54, 1.807) is 0 Å². The normalized spacial score (nSPS) is 29.6. The van der Waals surface area contributed by atoms with Crippen molar-refractivity contribution in [3.63, 3.8) is 0 Å². The van der Waals surface area contributed by atoms with Crippen molar-refractivity contribution >= 4 is 12.8 Å². The van der Waals surface area contributed by atoms with Gasteiger partial charge in [0.2, 0.25) is 0 Å². The van der Waals surface area contributed by atoms with Crippen LogP contribution in [-0.2, 0) is 14.0 Å². The van der Waals surface area contributed by atoms with E-state index >= 15 is 0 Å². The molecule has 0 unspecified atom stereocenters. The minimum absolute atomic E-state index is 0.131. The third-order valence-corrected chi connectivity index (χ3v) is 3.78. The first kappa shape index (κ1) is 11.3. The molecule has 1 aromatic heterocycles. The topological polar surface area (TPSA) is 44.1 Å². The van der Waals surface area contributed by atoms with E-state index in [0.717, 1.165) is 12.4 Å². The molecule has 2 fully saturated rings. The van der Waals surface area contributed by atoms with E-state index in [2.05, 4.69) is 0 Å². The van der Waals surface area contributed by atoms with Crippen LogP contribution in [0.3, 0.4) is 0 Å². The monoisotopic (exact) mass is 236 g/mol. The fourth-order valence-electron chi connectivity index (χ4n) is 1.84. The maximum Gasteiger partial charge on any atom is 0.532 e. The second kappa shape index (κ2) is 3.37. The zero-order chi connectivity index (χ0) is 12.3. The Hall–Kier alpha value is -0.775. The Bertz CT molecular complexity index is 417. The van der Waals surface area contributed by atoms with E-state index in [0.29, 0.717) is 5.66 Å². The Morgan fingerprint density at radius 3 is 2.24 bits per heavy atom. The molecule has 0 saturated carbocycles. The number of ether oxygens (including phenoxy) is 1. The van der Waals surface area contributed by atoms with Crippen LogP contribution >= 0.6 is 0 Å². The van der Waals surface area contributed by atoms with Gasteiger partial charge >= 0.3 is 7.12 Å². The smallest absolute Gasteiger partial charge is 0.467 e. The lowest BCUT2D eigenvalue weighted by molar-refractivity contribution is 0.00578. The highest BCUT2D eigenvalue weighted by atomic mass is 16.7. The zero-order valence-corrected chi connectivity index (χ0v) is 10.6. The average Bonchev–Trinajstić information content (AvgIpc) is 2.89. The second-order valence-corrected chi connectivity index (χ2v) is 5.65. The van der Waals surface area contributed by atoms with Gasteiger partial charge in [0.25, 0.3) is 0 Å². The third-order valence-electron chi connectivity index (χ3n) is 3.78. The number of hydrogen-bond donors (Lipinski definition) is 0. The summed E-state index contributed by atoms with van der Waals surface area (Å²) in [5, 5.41) is 0. The van der Waals surface area contributed by atoms with Crippen LogP contribution < -0.4 is 5.66 Å². The number of epoxide rings is 1. The molecule has 3 rings (SSSR count). The van der Waals surface area contributed by atoms with Gasteiger partial charge < -0.3 is 18.5 Å². The molecule has 2 aliphatic heterocycles. The van der Waals surface area contributed by atoms with E-state index in [4.69, 9.17) is 18.5 Å². The Morgan fingerprint density at radius 1 is 1.12 bits per heavy atom. The van der Waals surface area contributed by atoms with Crippen LogP contribution in [0.5, 0.6) is 0 Å². The van der Waals surface area contributed by atoms with E-state index in [9.17, 15) is 0 Å². The van der Waals surface area contributed by atoms with Crippen LogP contribution in [0.1, 0.15) is 39.6 Å². The molecule has 0 aliphatic carbocycles. The summed E-state index contributed by atoms with van der Waals surface area (Å²) < 4.78 is 22.7. The van der Waals surface area contributed by atoms with Crippen molar-refractivity contribution < 1.29 is 18.5 Å². The molecule has 0 spiro atoms. The summed E-state index contributed by atoms with van der Waals surface area (Å²) in [7, 11) is -0.424. The average molecular weight is 236 g/mol. The van der Waals surface area contributed by atoms with E-state index in [1.807, 2.05) is 39.8 Å². The standard InChI is InChI=1S/C12H17BO4/c1-11(2)12(3,4)17-13(16-11)10-6-5-8(15-10)9-7-14-9/h5-6,9H,7H2,1-4H3/t9-/m0/s1. The maximum absolute atomic E-state index is 5.91. The van der Waals surface area contributed by atoms with Crippen LogP contribution in [0, 0.1) is 0 Å². The molecule has 2 aliphatic rings. The number of rotatable bonds is 2. The first-order chi connectivity index (χ1) is 7.89. The van der Waals surface area contributed by atoms with Crippen molar-refractivity contribution in [2.45, 2.75) is 45.0 Å². The van der Waals surface area contributed by atoms with E-state index in [1.165, 1.54) is 0 Å². The highest BCUT2D eigenvalue weighted by Crippen LogP contribution is 2.37. The van der Waals surface area contributed by atoms with Crippen LogP contribution in [0.15, 0.2) is 16.5 Å². The van der Waals surface area contributed by atoms with Gasteiger partial charge in [-0.25, -0.2) is 0 Å². The van der Waals surface area contributed by atoms with Crippen molar-refractivity contribution in [1.29, 1.82) is 0 Å². The van der Waals surface area contributed by atoms with Gasteiger partial charge in [0.15, 0.2) is 0 Å². The summed E-state index contributed by atoms with van der Waals surface area (Å²) in [6, 6.07) is 3.83. The molecular formula is C12H17BO4. The van der Waals surface area contributed by atoms with E-state index < -0.39 is 7.12 Å². The molecule has 0 radical (unpaired) electrons. The van der Waals surface area contributed by atoms with Gasteiger partial charge in [0.1, 0.15) is 17.5 Å². The Kier molecular flexibility index (Phi) is 2.25. The van der Waals surface area contributed by atoms with Crippen LogP contribution in [-0.4, -0.2) is 24.9 Å². The van der Waals surface area contributed by atoms with Crippen molar-refractivity contribution in [3.05, 3.63) is 17.9 Å². The fourth-order valence-corrected chi connectivity index (χ4v) is 1.84. The first-order valence-electron chi connectivity index (χ1n) is 5.96. The minimum atomic E-state index is -0.424. The highest BCUT2D eigenvalue weighted by Gasteiger charge is 2.53. The molecule has 4 nitrogen and oxygen atoms in total. The summed E-state index contributed by atoms with van der Waals surface area (Å²) in [6.45, 7) is 8.86. The largest absolute Gasteiger partial charge is 0.532 e. The molecule has 3 heterocycles. The van der Waals surface area contributed by atoms with Crippen molar-refractivity contribution in [2.24, 2.45) is 0 Å². The predicted octanol–water partition coefficient (Wildman–Crippen LogP) is 1.65. The molecule has 92 valence electrons. The lowest BCUT2D eigenvalue weighted by Gasteiger charge is -2.32. The molecule has 17 heavy (non-hydrogen) atoms. The maximum atomic E-state index is 5.91. The second-order valence-electron chi connectivity index (χ2n) is 5.65. The summed E-state index contributed by atoms with van der Waals surface area (Å²) in [4.78, 5) is 0. The highest BCUT2D eigenvalue weighted by molar-refractivity contribution is 6.60. The van der Waals surface area contributed by atoms with E-state index in [-0.39, 0.29) is 17.3 Å². The minimum Gasteiger partial charge on any atom is -0.467 e. The Morgan fingerprint density at radius 2 is 1.71 bits per heavy atom. The zero-order valence-electron chi connectivity index (χ0n) is 10.6. The molecule has 1 aromatic rings. The molecule has 0 aromatic carbocycles. The molecule has 1 atom stereocenters. The predicted molar refractivity (Wildman–Crippen MR) is 63.1 cm³/mol. The van der Waals surface area contributed by atoms with Crippen LogP contribution in [0.2, 0.25) is 0 Å². The van der Waals surface area contributed by atoms with Gasteiger partial charge in [0.05, 0.1) is 17.8 Å². The Labute approximate surface area is 101 Å². The Balaban J connectivity index is 1.81. The molecular weight excluding hydrogens is 219 g/mol. The molecule has 5 heteroatoms. The van der Waals surface area contributed by atoms with Crippen molar-refractivity contribution in [3.8, 4) is 0 Å². The summed E-state index contributed by atoms with van der Waals surface area (Å²) in [5.41, 5.74) is 0.0515. The van der Waals surface area contributed by atoms with Gasteiger partial charge in [-0.1, -0.05) is 0 Å². The van der Waals surface area contributed by atoms with Crippen molar-refractivity contribution in [2.75, 3.05) is 6.61 Å². The number of hydrogen-bond acceptors (Lipinski definition) is 4. The van der Waals surface area contributed by atoms with Gasteiger partial charge in [0, 0.05) is 0 Å². The van der Waals surface area contributed by atoms with Crippen molar-refractivity contribution in [1.82, 2.24) is 0 Å². The van der Waals surface area contributed by atoms with Gasteiger partial charge in [-0.15, -0.1) is 0 Å². The van der Waals surface area contributed by atoms with Gasteiger partial charge in [-0.05, 0) is 39.8 Å². The lowest BCUT2D eigenvalue weighted by Crippen LogP contribution is -2.41. The molecule has 0 N–H and O–H groups in total. The molecule has 2 saturated heterocycles. The third kappa shape index (κ3) is 1.82. The van der Waals surface area contributed by atoms with Crippen LogP contribution in [0.4, 0.5) is 0 Å². The summed E-state index contributed by atoms with van der Waals surface area (Å²) in [6.07, 6.45) is 0.131. The SMILES string of the molecule is CC1(C)OB(c2ccc([C@@H]3CO3)o2)OC1(C)C. The first-order valence-corrected chi connectivity index (χ1v) is 5.96. The van der Waals surface area contributed by atoms with Crippen LogP contribution in [0.25, 0.3) is 0 Å². The molecule has 0 amide bonds. The molecule has 0 bridgehead atoms. The fraction of sp³-hybridized carbons (Fsp3) is 0.667. The van der Waals surface area contributed by atoms with Gasteiger partial charge in [-0.3, -0.25) is 0 Å². The lowest BCUT2D eigenvalue weighted by atomic mass is 9.86. The summed E-state index contributed by atoms with van der Waals surface area (Å²) >= 11 is 0. The quantitative estimate of drug-likeness (QED) is 0.578. The van der Waals surface area contributed by atoms with Gasteiger partial charge in [-0.2, -0.15) is 0 Å². The summed E-state index contributed by atoms with van der Waals surface area (Å²) in [5.74, 6) is 0.856. The number of furan rings is 1.